The lowest BCUT2D eigenvalue weighted by molar-refractivity contribution is 0.264. The summed E-state index contributed by atoms with van der Waals surface area (Å²) in [6.45, 7) is 1.92. The first kappa shape index (κ1) is 20.0. The summed E-state index contributed by atoms with van der Waals surface area (Å²) in [5.74, 6) is 2.14. The van der Waals surface area contributed by atoms with Crippen molar-refractivity contribution in [3.63, 3.8) is 0 Å². The summed E-state index contributed by atoms with van der Waals surface area (Å²) in [6.07, 6.45) is 5.68. The van der Waals surface area contributed by atoms with Gasteiger partial charge >= 0.3 is 0 Å². The number of anilines is 1. The fraction of sp³-hybridized carbons (Fsp3) is 0.333. The number of rotatable bonds is 7. The average Bonchev–Trinajstić information content (AvgIpc) is 3.35. The Balaban J connectivity index is 1.44. The lowest BCUT2D eigenvalue weighted by Gasteiger charge is -2.24. The lowest BCUT2D eigenvalue weighted by Crippen LogP contribution is -2.32. The minimum absolute atomic E-state index is 0.126. The number of halogens is 2. The third-order valence-electron chi connectivity index (χ3n) is 5.02. The summed E-state index contributed by atoms with van der Waals surface area (Å²) in [4.78, 5) is 11.1. The first-order chi connectivity index (χ1) is 14.1. The van der Waals surface area contributed by atoms with Crippen LogP contribution in [0.5, 0.6) is 5.88 Å². The third kappa shape index (κ3) is 4.83. The van der Waals surface area contributed by atoms with E-state index in [1.54, 1.807) is 12.3 Å². The summed E-state index contributed by atoms with van der Waals surface area (Å²) in [7, 11) is 0. The van der Waals surface area contributed by atoms with Crippen LogP contribution in [0.4, 0.5) is 5.82 Å². The monoisotopic (exact) mass is 432 g/mol. The van der Waals surface area contributed by atoms with Crippen LogP contribution in [0, 0.1) is 0 Å². The van der Waals surface area contributed by atoms with Crippen LogP contribution in [0.1, 0.15) is 24.2 Å². The molecule has 4 rings (SSSR count). The van der Waals surface area contributed by atoms with Gasteiger partial charge in [0, 0.05) is 41.6 Å². The molecule has 8 heteroatoms. The number of ether oxygens (including phenoxy) is 1. The van der Waals surface area contributed by atoms with Crippen molar-refractivity contribution in [3.05, 3.63) is 70.2 Å². The van der Waals surface area contributed by atoms with E-state index in [-0.39, 0.29) is 12.6 Å². The molecule has 1 N–H and O–H groups in total. The van der Waals surface area contributed by atoms with E-state index >= 15 is 0 Å². The molecule has 0 saturated carbocycles. The molecule has 1 atom stereocenters. The molecule has 1 aliphatic rings. The van der Waals surface area contributed by atoms with Crippen molar-refractivity contribution in [2.75, 3.05) is 18.1 Å². The number of aromatic nitrogens is 3. The highest BCUT2D eigenvalue weighted by molar-refractivity contribution is 6.34. The number of nitrogens with zero attached hydrogens (tertiary/aromatic N) is 4. The van der Waals surface area contributed by atoms with Crippen molar-refractivity contribution in [2.24, 2.45) is 0 Å². The van der Waals surface area contributed by atoms with E-state index in [1.807, 2.05) is 41.1 Å². The molecule has 1 saturated heterocycles. The summed E-state index contributed by atoms with van der Waals surface area (Å²) in [5, 5.41) is 10.8. The zero-order chi connectivity index (χ0) is 20.2. The highest BCUT2D eigenvalue weighted by Crippen LogP contribution is 2.25. The molecule has 1 aromatic carbocycles. The quantitative estimate of drug-likeness (QED) is 0.606. The molecule has 29 heavy (non-hydrogen) atoms. The number of benzene rings is 1. The number of imidazole rings is 1. The molecule has 0 amide bonds. The van der Waals surface area contributed by atoms with Gasteiger partial charge in [-0.1, -0.05) is 29.3 Å². The molecular formula is C21H22Cl2N4O2. The van der Waals surface area contributed by atoms with Crippen LogP contribution in [-0.4, -0.2) is 38.8 Å². The third-order valence-corrected chi connectivity index (χ3v) is 5.45. The second kappa shape index (κ2) is 9.03. The highest BCUT2D eigenvalue weighted by Gasteiger charge is 2.25. The predicted molar refractivity (Wildman–Crippen MR) is 114 cm³/mol. The molecule has 0 unspecified atom stereocenters. The Labute approximate surface area is 179 Å². The van der Waals surface area contributed by atoms with Crippen molar-refractivity contribution in [1.29, 1.82) is 0 Å². The van der Waals surface area contributed by atoms with Crippen LogP contribution < -0.4 is 9.64 Å². The Morgan fingerprint density at radius 1 is 1.17 bits per heavy atom. The van der Waals surface area contributed by atoms with Crippen molar-refractivity contribution in [1.82, 2.24) is 14.5 Å². The SMILES string of the molecule is OC[C@@H]1CCCN1c1cccc(OCc2nccn2Cc2cc(Cl)cc(Cl)c2)n1. The minimum Gasteiger partial charge on any atom is -0.469 e. The maximum Gasteiger partial charge on any atom is 0.215 e. The zero-order valence-electron chi connectivity index (χ0n) is 15.8. The molecule has 6 nitrogen and oxygen atoms in total. The molecule has 1 aliphatic heterocycles. The summed E-state index contributed by atoms with van der Waals surface area (Å²) in [5.41, 5.74) is 0.992. The summed E-state index contributed by atoms with van der Waals surface area (Å²) >= 11 is 12.2. The van der Waals surface area contributed by atoms with Gasteiger partial charge < -0.3 is 19.3 Å². The fourth-order valence-electron chi connectivity index (χ4n) is 3.63. The Hall–Kier alpha value is -2.28. The molecular weight excluding hydrogens is 411 g/mol. The Bertz CT molecular complexity index is 959. The molecule has 3 aromatic rings. The van der Waals surface area contributed by atoms with Gasteiger partial charge in [-0.2, -0.15) is 4.98 Å². The minimum atomic E-state index is 0.126. The molecule has 3 heterocycles. The van der Waals surface area contributed by atoms with Gasteiger partial charge in [0.1, 0.15) is 18.2 Å². The van der Waals surface area contributed by atoms with Gasteiger partial charge in [-0.3, -0.25) is 0 Å². The first-order valence-electron chi connectivity index (χ1n) is 9.55. The largest absolute Gasteiger partial charge is 0.469 e. The Morgan fingerprint density at radius 2 is 2.00 bits per heavy atom. The highest BCUT2D eigenvalue weighted by atomic mass is 35.5. The molecule has 152 valence electrons. The number of hydrogen-bond acceptors (Lipinski definition) is 5. The molecule has 0 aliphatic carbocycles. The van der Waals surface area contributed by atoms with Crippen molar-refractivity contribution < 1.29 is 9.84 Å². The topological polar surface area (TPSA) is 63.4 Å². The normalized spacial score (nSPS) is 16.4. The van der Waals surface area contributed by atoms with Crippen LogP contribution in [-0.2, 0) is 13.2 Å². The lowest BCUT2D eigenvalue weighted by atomic mass is 10.2. The molecule has 0 bridgehead atoms. The van der Waals surface area contributed by atoms with Gasteiger partial charge in [0.2, 0.25) is 5.88 Å². The van der Waals surface area contributed by atoms with E-state index < -0.39 is 0 Å². The summed E-state index contributed by atoms with van der Waals surface area (Å²) < 4.78 is 7.90. The predicted octanol–water partition coefficient (Wildman–Crippen LogP) is 4.17. The van der Waals surface area contributed by atoms with Crippen LogP contribution in [0.25, 0.3) is 0 Å². The molecule has 0 spiro atoms. The maximum atomic E-state index is 9.55. The van der Waals surface area contributed by atoms with Gasteiger partial charge in [0.15, 0.2) is 0 Å². The average molecular weight is 433 g/mol. The van der Waals surface area contributed by atoms with Gasteiger partial charge in [0.05, 0.1) is 12.6 Å². The number of hydrogen-bond donors (Lipinski definition) is 1. The first-order valence-corrected chi connectivity index (χ1v) is 10.3. The van der Waals surface area contributed by atoms with Crippen molar-refractivity contribution >= 4 is 29.0 Å². The number of pyridine rings is 1. The Morgan fingerprint density at radius 3 is 2.79 bits per heavy atom. The van der Waals surface area contributed by atoms with E-state index in [9.17, 15) is 5.11 Å². The second-order valence-corrected chi connectivity index (χ2v) is 7.92. The van der Waals surface area contributed by atoms with Crippen LogP contribution in [0.2, 0.25) is 10.0 Å². The van der Waals surface area contributed by atoms with Crippen molar-refractivity contribution in [3.8, 4) is 5.88 Å². The van der Waals surface area contributed by atoms with Crippen LogP contribution in [0.15, 0.2) is 48.8 Å². The molecule has 1 fully saturated rings. The van der Waals surface area contributed by atoms with Crippen molar-refractivity contribution in [2.45, 2.75) is 32.0 Å². The van der Waals surface area contributed by atoms with Crippen LogP contribution >= 0.6 is 23.2 Å². The fourth-order valence-corrected chi connectivity index (χ4v) is 4.20. The Kier molecular flexibility index (Phi) is 6.23. The number of aliphatic hydroxyl groups excluding tert-OH is 1. The van der Waals surface area contributed by atoms with E-state index in [2.05, 4.69) is 14.9 Å². The standard InChI is InChI=1S/C21H22Cl2N4O2/c22-16-9-15(10-17(23)11-16)12-26-8-6-24-20(26)14-29-21-5-1-4-19(25-21)27-7-2-3-18(27)13-28/h1,4-6,8-11,18,28H,2-3,7,12-14H2/t18-/m0/s1. The summed E-state index contributed by atoms with van der Waals surface area (Å²) in [6, 6.07) is 11.3. The van der Waals surface area contributed by atoms with Gasteiger partial charge in [-0.05, 0) is 42.7 Å². The van der Waals surface area contributed by atoms with E-state index in [1.165, 1.54) is 0 Å². The van der Waals surface area contributed by atoms with E-state index in [4.69, 9.17) is 27.9 Å². The van der Waals surface area contributed by atoms with E-state index in [0.29, 0.717) is 29.1 Å². The second-order valence-electron chi connectivity index (χ2n) is 7.04. The van der Waals surface area contributed by atoms with Crippen LogP contribution in [0.3, 0.4) is 0 Å². The van der Waals surface area contributed by atoms with Gasteiger partial charge in [0.25, 0.3) is 0 Å². The maximum absolute atomic E-state index is 9.55. The molecule has 0 radical (unpaired) electrons. The molecule has 2 aromatic heterocycles. The van der Waals surface area contributed by atoms with Gasteiger partial charge in [-0.25, -0.2) is 4.98 Å². The smallest absolute Gasteiger partial charge is 0.215 e. The van der Waals surface area contributed by atoms with Gasteiger partial charge in [-0.15, -0.1) is 0 Å². The zero-order valence-corrected chi connectivity index (χ0v) is 17.4. The number of aliphatic hydroxyl groups is 1. The van der Waals surface area contributed by atoms with E-state index in [0.717, 1.165) is 36.6 Å².